The minimum absolute atomic E-state index is 0. The largest absolute Gasteiger partial charge is 1.00 e. The number of hydrogen-bond acceptors (Lipinski definition) is 6. The zero-order valence-corrected chi connectivity index (χ0v) is 28.9. The topological polar surface area (TPSA) is 134 Å². The van der Waals surface area contributed by atoms with E-state index < -0.39 is 23.9 Å². The molecule has 0 saturated carbocycles. The van der Waals surface area contributed by atoms with Crippen molar-refractivity contribution in [1.29, 1.82) is 0 Å². The van der Waals surface area contributed by atoms with Crippen LogP contribution in [0.25, 0.3) is 10.4 Å². The Hall–Kier alpha value is -3.04. The summed E-state index contributed by atoms with van der Waals surface area (Å²) in [5.41, 5.74) is 8.76. The monoisotopic (exact) mass is 763 g/mol. The summed E-state index contributed by atoms with van der Waals surface area (Å²) in [7, 11) is 0. The van der Waals surface area contributed by atoms with Crippen molar-refractivity contribution >= 4 is 51.3 Å². The number of rotatable bonds is 9. The minimum atomic E-state index is -1.13. The number of halogens is 2. The van der Waals surface area contributed by atoms with Crippen molar-refractivity contribution in [3.05, 3.63) is 88.6 Å². The van der Waals surface area contributed by atoms with Gasteiger partial charge in [0.15, 0.2) is 18.9 Å². The summed E-state index contributed by atoms with van der Waals surface area (Å²) >= 11 is 3.13. The lowest BCUT2D eigenvalue weighted by atomic mass is 9.77. The average molecular weight is 766 g/mol. The number of fused-ring (bicyclic) bond motifs is 2. The molecule has 5 heterocycles. The number of nitrogens with two attached hydrogens (primary N) is 1. The lowest BCUT2D eigenvalue weighted by Crippen LogP contribution is -3.00. The minimum Gasteiger partial charge on any atom is -1.00 e. The number of thioether (sulfide) groups is 1. The molecular weight excluding hydrogens is 734 g/mol. The molecule has 0 bridgehead atoms. The van der Waals surface area contributed by atoms with Gasteiger partial charge in [-0.1, -0.05) is 48.2 Å². The number of aliphatic hydroxyl groups excluding tert-OH is 1. The van der Waals surface area contributed by atoms with E-state index in [1.165, 1.54) is 16.2 Å². The lowest BCUT2D eigenvalue weighted by molar-refractivity contribution is -0.688. The van der Waals surface area contributed by atoms with Gasteiger partial charge in [0.1, 0.15) is 24.0 Å². The molecule has 1 saturated heterocycles. The molecule has 1 fully saturated rings. The number of primary amides is 1. The number of amides is 2. The van der Waals surface area contributed by atoms with Crippen LogP contribution in [0.4, 0.5) is 0 Å². The van der Waals surface area contributed by atoms with Crippen LogP contribution in [-0.2, 0) is 22.7 Å². The van der Waals surface area contributed by atoms with Crippen molar-refractivity contribution in [2.45, 2.75) is 44.1 Å². The first-order valence-corrected chi connectivity index (χ1v) is 15.6. The second-order valence-electron chi connectivity index (χ2n) is 10.8. The Morgan fingerprint density at radius 2 is 1.89 bits per heavy atom. The molecule has 10 nitrogen and oxygen atoms in total. The highest BCUT2D eigenvalue weighted by Gasteiger charge is 2.60. The number of hydrogen-bond donors (Lipinski definition) is 3. The Bertz CT molecular complexity index is 1800. The van der Waals surface area contributed by atoms with Crippen LogP contribution >= 0.6 is 23.1 Å². The number of thiazole rings is 1. The van der Waals surface area contributed by atoms with E-state index in [1.807, 2.05) is 53.0 Å². The van der Waals surface area contributed by atoms with Crippen molar-refractivity contribution in [2.24, 2.45) is 17.6 Å². The number of nitrogens with zero attached hydrogens (tertiary/aromatic N) is 4. The molecule has 4 aromatic rings. The van der Waals surface area contributed by atoms with Gasteiger partial charge in [-0.3, -0.25) is 9.59 Å². The summed E-state index contributed by atoms with van der Waals surface area (Å²) in [6.45, 7) is 4.75. The Morgan fingerprint density at radius 1 is 1.16 bits per heavy atom. The zero-order valence-electron chi connectivity index (χ0n) is 24.1. The van der Waals surface area contributed by atoms with Crippen molar-refractivity contribution in [2.75, 3.05) is 6.26 Å². The van der Waals surface area contributed by atoms with E-state index in [1.54, 1.807) is 37.0 Å². The Morgan fingerprint density at radius 3 is 2.55 bits per heavy atom. The number of aliphatic carboxylic acids is 1. The van der Waals surface area contributed by atoms with E-state index in [4.69, 9.17) is 5.73 Å². The number of β-lactam (4-membered cyclic amide) rings is 1. The van der Waals surface area contributed by atoms with Gasteiger partial charge in [0.2, 0.25) is 15.8 Å². The number of imidazole rings is 1. The van der Waals surface area contributed by atoms with Crippen LogP contribution in [0.1, 0.15) is 40.2 Å². The third-order valence-electron chi connectivity index (χ3n) is 8.09. The van der Waals surface area contributed by atoms with Gasteiger partial charge in [-0.2, -0.15) is 8.97 Å². The number of benzene rings is 1. The standard InChI is InChI=1S/C30H29N5O5S2.2BrH/c1-16-22(25(30(39)40)35-24(16)23(17(2)36)27(35)38)21-14-34-15-33(28(41-3)29(34)42-21)12-19-7-4-6-18(10-19)11-32-9-5-8-20(13-32)26(31)37;;/h4-10,13-17,23-24,36H,11-12H2,1-3H3,(H-2,31,37,39,40);2*1H/t16-,17+,23+,24+;;/m0../s1. The summed E-state index contributed by atoms with van der Waals surface area (Å²) in [5, 5.41) is 21.3. The van der Waals surface area contributed by atoms with Gasteiger partial charge in [-0.15, -0.1) is 0 Å². The number of carboxylic acid groups (broad SMARTS) is 1. The summed E-state index contributed by atoms with van der Waals surface area (Å²) in [5.74, 6) is -2.74. The van der Waals surface area contributed by atoms with E-state index in [2.05, 4.69) is 16.7 Å². The van der Waals surface area contributed by atoms with Crippen LogP contribution in [0.15, 0.2) is 72.0 Å². The van der Waals surface area contributed by atoms with Crippen LogP contribution in [0.5, 0.6) is 0 Å². The van der Waals surface area contributed by atoms with E-state index in [0.717, 1.165) is 25.9 Å². The fourth-order valence-corrected chi connectivity index (χ4v) is 8.45. The first-order valence-electron chi connectivity index (χ1n) is 13.5. The highest BCUT2D eigenvalue weighted by atomic mass is 79.9. The fraction of sp³-hybridized carbons (Fsp3) is 0.300. The predicted octanol–water partition coefficient (Wildman–Crippen LogP) is -3.85. The molecule has 14 heteroatoms. The number of aliphatic hydroxyl groups is 1. The maximum atomic E-state index is 12.8. The molecule has 0 radical (unpaired) electrons. The summed E-state index contributed by atoms with van der Waals surface area (Å²) in [6, 6.07) is 11.4. The second-order valence-corrected chi connectivity index (χ2v) is 12.7. The third kappa shape index (κ3) is 5.73. The third-order valence-corrected chi connectivity index (χ3v) is 10.2. The second kappa shape index (κ2) is 13.1. The number of carbonyl (C=O) groups excluding carboxylic acids is 2. The van der Waals surface area contributed by atoms with E-state index >= 15 is 0 Å². The zero-order chi connectivity index (χ0) is 29.9. The molecule has 0 aliphatic carbocycles. The number of pyridine rings is 1. The lowest BCUT2D eigenvalue weighted by Gasteiger charge is -2.46. The Labute approximate surface area is 283 Å². The molecule has 1 aromatic carbocycles. The first-order chi connectivity index (χ1) is 20.1. The molecule has 2 aliphatic heterocycles. The molecule has 4 atom stereocenters. The van der Waals surface area contributed by atoms with E-state index in [9.17, 15) is 24.6 Å². The molecule has 2 amide bonds. The molecule has 0 spiro atoms. The average Bonchev–Trinajstić information content (AvgIpc) is 3.55. The summed E-state index contributed by atoms with van der Waals surface area (Å²) in [6.07, 6.45) is 8.78. The molecule has 44 heavy (non-hydrogen) atoms. The van der Waals surface area contributed by atoms with Crippen LogP contribution in [-0.4, -0.2) is 55.9 Å². The van der Waals surface area contributed by atoms with E-state index in [-0.39, 0.29) is 57.5 Å². The van der Waals surface area contributed by atoms with Crippen LogP contribution in [0, 0.1) is 11.8 Å². The van der Waals surface area contributed by atoms with Crippen molar-refractivity contribution < 1.29 is 67.5 Å². The first kappa shape index (κ1) is 33.8. The van der Waals surface area contributed by atoms with Crippen molar-refractivity contribution in [3.63, 3.8) is 0 Å². The molecule has 3 aromatic heterocycles. The van der Waals surface area contributed by atoms with Crippen molar-refractivity contribution in [1.82, 2.24) is 9.47 Å². The van der Waals surface area contributed by atoms with Gasteiger partial charge in [0.05, 0.1) is 22.9 Å². The smallest absolute Gasteiger partial charge is 0.352 e. The SMILES string of the molecule is CSc1c2sc(C3=C(C(=O)O)N4C(=O)[C@H]([C@@H](C)O)[C@H]4[C@H]3C)c[n+]2cn1Cc1cccc(C[n+]2cccc(C(N)=O)c2)c1.[Br-].[Br-]. The van der Waals surface area contributed by atoms with Gasteiger partial charge in [-0.25, -0.2) is 9.36 Å². The molecule has 6 rings (SSSR count). The highest BCUT2D eigenvalue weighted by Crippen LogP contribution is 2.51. The maximum Gasteiger partial charge on any atom is 0.352 e. The molecule has 232 valence electrons. The van der Waals surface area contributed by atoms with Crippen LogP contribution in [0.3, 0.4) is 0 Å². The van der Waals surface area contributed by atoms with Gasteiger partial charge in [0.25, 0.3) is 12.2 Å². The maximum absolute atomic E-state index is 12.8. The molecule has 4 N–H and O–H groups in total. The van der Waals surface area contributed by atoms with Crippen LogP contribution in [0.2, 0.25) is 0 Å². The van der Waals surface area contributed by atoms with Gasteiger partial charge in [0, 0.05) is 23.1 Å². The summed E-state index contributed by atoms with van der Waals surface area (Å²) in [4.78, 5) is 39.8. The molecular formula is C30H31Br2N5O5S2. The number of carbonyl (C=O) groups is 3. The normalized spacial score (nSPS) is 19.7. The number of aromatic nitrogens is 3. The fourth-order valence-electron chi connectivity index (χ4n) is 6.27. The van der Waals surface area contributed by atoms with Crippen molar-refractivity contribution in [3.8, 4) is 0 Å². The quantitative estimate of drug-likeness (QED) is 0.0910. The molecule has 0 unspecified atom stereocenters. The van der Waals surface area contributed by atoms with Gasteiger partial charge < -0.3 is 54.8 Å². The van der Waals surface area contributed by atoms with Gasteiger partial charge in [-0.05, 0) is 30.9 Å². The summed E-state index contributed by atoms with van der Waals surface area (Å²) < 4.78 is 6.12. The highest BCUT2D eigenvalue weighted by molar-refractivity contribution is 7.98. The van der Waals surface area contributed by atoms with Gasteiger partial charge >= 0.3 is 5.97 Å². The Kier molecular flexibility index (Phi) is 10.1. The Balaban J connectivity index is 0.00000221. The predicted molar refractivity (Wildman–Crippen MR) is 157 cm³/mol. The van der Waals surface area contributed by atoms with Crippen LogP contribution < -0.4 is 48.7 Å². The molecule has 2 aliphatic rings. The number of carboxylic acids is 1. The van der Waals surface area contributed by atoms with E-state index in [0.29, 0.717) is 24.2 Å².